The highest BCUT2D eigenvalue weighted by Gasteiger charge is 2.11. The molecule has 0 saturated heterocycles. The minimum absolute atomic E-state index is 0.124. The minimum Gasteiger partial charge on any atom is -0.497 e. The number of amides is 1. The first-order valence-electron chi connectivity index (χ1n) is 6.27. The molecule has 0 aliphatic carbocycles. The molecule has 0 spiro atoms. The van der Waals surface area contributed by atoms with Gasteiger partial charge in [0.25, 0.3) is 5.91 Å². The van der Waals surface area contributed by atoms with E-state index in [4.69, 9.17) is 9.47 Å². The van der Waals surface area contributed by atoms with Gasteiger partial charge in [0.2, 0.25) is 0 Å². The molecule has 1 amide bonds. The van der Waals surface area contributed by atoms with Gasteiger partial charge < -0.3 is 14.8 Å². The normalized spacial score (nSPS) is 11.9. The molecule has 1 N–H and O–H groups in total. The van der Waals surface area contributed by atoms with Crippen LogP contribution in [0.25, 0.3) is 0 Å². The second-order valence-electron chi connectivity index (χ2n) is 3.97. The lowest BCUT2D eigenvalue weighted by Gasteiger charge is -2.17. The Morgan fingerprint density at radius 2 is 1.94 bits per heavy atom. The number of carbonyl (C=O) groups excluding carboxylic acids is 1. The number of ether oxygens (including phenoxy) is 2. The van der Waals surface area contributed by atoms with Crippen LogP contribution in [0.4, 0.5) is 0 Å². The van der Waals surface area contributed by atoms with E-state index in [-0.39, 0.29) is 12.1 Å². The van der Waals surface area contributed by atoms with Crippen molar-refractivity contribution in [3.8, 4) is 5.75 Å². The van der Waals surface area contributed by atoms with Gasteiger partial charge in [-0.1, -0.05) is 13.8 Å². The summed E-state index contributed by atoms with van der Waals surface area (Å²) in [6, 6.07) is 7.01. The van der Waals surface area contributed by atoms with Gasteiger partial charge in [0.1, 0.15) is 12.0 Å². The topological polar surface area (TPSA) is 47.6 Å². The largest absolute Gasteiger partial charge is 0.497 e. The molecular weight excluding hydrogens is 230 g/mol. The van der Waals surface area contributed by atoms with Gasteiger partial charge >= 0.3 is 0 Å². The molecule has 18 heavy (non-hydrogen) atoms. The van der Waals surface area contributed by atoms with Crippen LogP contribution in [-0.2, 0) is 4.74 Å². The van der Waals surface area contributed by atoms with Crippen LogP contribution in [0.2, 0.25) is 0 Å². The molecule has 1 aromatic carbocycles. The monoisotopic (exact) mass is 251 g/mol. The van der Waals surface area contributed by atoms with E-state index in [0.717, 1.165) is 18.6 Å². The molecule has 4 heteroatoms. The third kappa shape index (κ3) is 4.37. The Morgan fingerprint density at radius 3 is 2.44 bits per heavy atom. The molecule has 0 aromatic heterocycles. The lowest BCUT2D eigenvalue weighted by molar-refractivity contribution is 0.0261. The van der Waals surface area contributed by atoms with E-state index in [2.05, 4.69) is 5.32 Å². The number of rotatable bonds is 7. The zero-order valence-corrected chi connectivity index (χ0v) is 11.2. The molecule has 1 unspecified atom stereocenters. The summed E-state index contributed by atoms with van der Waals surface area (Å²) in [5.41, 5.74) is 0.606. The van der Waals surface area contributed by atoms with Crippen molar-refractivity contribution in [2.45, 2.75) is 32.9 Å². The Balaban J connectivity index is 2.56. The molecule has 1 atom stereocenters. The number of hydrogen-bond acceptors (Lipinski definition) is 3. The molecule has 0 saturated carbocycles. The van der Waals surface area contributed by atoms with Crippen LogP contribution in [0.3, 0.4) is 0 Å². The summed E-state index contributed by atoms with van der Waals surface area (Å²) >= 11 is 0. The summed E-state index contributed by atoms with van der Waals surface area (Å²) in [5.74, 6) is 0.612. The van der Waals surface area contributed by atoms with Crippen molar-refractivity contribution in [2.24, 2.45) is 0 Å². The van der Waals surface area contributed by atoms with Crippen LogP contribution in [0.15, 0.2) is 24.3 Å². The molecule has 0 aliphatic heterocycles. The van der Waals surface area contributed by atoms with Crippen molar-refractivity contribution < 1.29 is 14.3 Å². The molecule has 1 aromatic rings. The third-order valence-electron chi connectivity index (χ3n) is 2.54. The van der Waals surface area contributed by atoms with Crippen LogP contribution >= 0.6 is 0 Å². The molecule has 1 rings (SSSR count). The Labute approximate surface area is 108 Å². The first-order valence-corrected chi connectivity index (χ1v) is 6.27. The van der Waals surface area contributed by atoms with E-state index in [1.54, 1.807) is 31.4 Å². The van der Waals surface area contributed by atoms with Gasteiger partial charge in [-0.3, -0.25) is 4.79 Å². The number of nitrogens with one attached hydrogen (secondary N) is 1. The van der Waals surface area contributed by atoms with Crippen molar-refractivity contribution in [1.29, 1.82) is 0 Å². The van der Waals surface area contributed by atoms with Crippen molar-refractivity contribution >= 4 is 5.91 Å². The number of hydrogen-bond donors (Lipinski definition) is 1. The maximum atomic E-state index is 11.9. The fourth-order valence-electron chi connectivity index (χ4n) is 1.49. The maximum absolute atomic E-state index is 11.9. The lowest BCUT2D eigenvalue weighted by Crippen LogP contribution is -2.36. The standard InChI is InChI=1S/C14H21NO3/c1-4-10-18-13(5-2)15-14(16)11-6-8-12(17-3)9-7-11/h6-9,13H,4-5,10H2,1-3H3,(H,15,16). The Kier molecular flexibility index (Phi) is 6.22. The zero-order valence-electron chi connectivity index (χ0n) is 11.2. The van der Waals surface area contributed by atoms with Gasteiger partial charge in [-0.2, -0.15) is 0 Å². The van der Waals surface area contributed by atoms with E-state index >= 15 is 0 Å². The van der Waals surface area contributed by atoms with Gasteiger partial charge in [-0.05, 0) is 37.1 Å². The summed E-state index contributed by atoms with van der Waals surface area (Å²) in [6.07, 6.45) is 1.47. The summed E-state index contributed by atoms with van der Waals surface area (Å²) in [5, 5.41) is 2.85. The van der Waals surface area contributed by atoms with Crippen LogP contribution in [0.5, 0.6) is 5.75 Å². The van der Waals surface area contributed by atoms with Gasteiger partial charge in [-0.15, -0.1) is 0 Å². The quantitative estimate of drug-likeness (QED) is 0.758. The fraction of sp³-hybridized carbons (Fsp3) is 0.500. The smallest absolute Gasteiger partial charge is 0.253 e. The maximum Gasteiger partial charge on any atom is 0.253 e. The SMILES string of the molecule is CCCOC(CC)NC(=O)c1ccc(OC)cc1. The average molecular weight is 251 g/mol. The van der Waals surface area contributed by atoms with Crippen molar-refractivity contribution in [1.82, 2.24) is 5.32 Å². The van der Waals surface area contributed by atoms with E-state index < -0.39 is 0 Å². The third-order valence-corrected chi connectivity index (χ3v) is 2.54. The summed E-state index contributed by atoms with van der Waals surface area (Å²) in [6.45, 7) is 4.67. The van der Waals surface area contributed by atoms with Crippen molar-refractivity contribution in [3.05, 3.63) is 29.8 Å². The fourth-order valence-corrected chi connectivity index (χ4v) is 1.49. The minimum atomic E-state index is -0.223. The first-order chi connectivity index (χ1) is 8.71. The summed E-state index contributed by atoms with van der Waals surface area (Å²) in [7, 11) is 1.60. The highest BCUT2D eigenvalue weighted by molar-refractivity contribution is 5.94. The second kappa shape index (κ2) is 7.71. The highest BCUT2D eigenvalue weighted by atomic mass is 16.5. The first kappa shape index (κ1) is 14.5. The highest BCUT2D eigenvalue weighted by Crippen LogP contribution is 2.11. The van der Waals surface area contributed by atoms with E-state index in [1.807, 2.05) is 13.8 Å². The zero-order chi connectivity index (χ0) is 13.4. The van der Waals surface area contributed by atoms with Crippen LogP contribution in [0.1, 0.15) is 37.0 Å². The van der Waals surface area contributed by atoms with Crippen LogP contribution in [0, 0.1) is 0 Å². The molecular formula is C14H21NO3. The number of methoxy groups -OCH3 is 1. The Hall–Kier alpha value is -1.55. The Morgan fingerprint density at radius 1 is 1.28 bits per heavy atom. The molecule has 4 nitrogen and oxygen atoms in total. The van der Waals surface area contributed by atoms with E-state index in [1.165, 1.54) is 0 Å². The van der Waals surface area contributed by atoms with Gasteiger partial charge in [0.05, 0.1) is 7.11 Å². The molecule has 0 fully saturated rings. The number of carbonyl (C=O) groups is 1. The molecule has 0 heterocycles. The van der Waals surface area contributed by atoms with E-state index in [0.29, 0.717) is 12.2 Å². The van der Waals surface area contributed by atoms with Gasteiger partial charge in [0, 0.05) is 12.2 Å². The van der Waals surface area contributed by atoms with Crippen LogP contribution < -0.4 is 10.1 Å². The lowest BCUT2D eigenvalue weighted by atomic mass is 10.2. The van der Waals surface area contributed by atoms with Crippen molar-refractivity contribution in [2.75, 3.05) is 13.7 Å². The van der Waals surface area contributed by atoms with Gasteiger partial charge in [0.15, 0.2) is 0 Å². The average Bonchev–Trinajstić information content (AvgIpc) is 2.43. The second-order valence-corrected chi connectivity index (χ2v) is 3.97. The molecule has 0 radical (unpaired) electrons. The molecule has 100 valence electrons. The van der Waals surface area contributed by atoms with Crippen molar-refractivity contribution in [3.63, 3.8) is 0 Å². The predicted octanol–water partition coefficient (Wildman–Crippen LogP) is 2.59. The summed E-state index contributed by atoms with van der Waals surface area (Å²) < 4.78 is 10.6. The molecule has 0 aliphatic rings. The Bertz CT molecular complexity index is 362. The van der Waals surface area contributed by atoms with E-state index in [9.17, 15) is 4.79 Å². The summed E-state index contributed by atoms with van der Waals surface area (Å²) in [4.78, 5) is 11.9. The van der Waals surface area contributed by atoms with Gasteiger partial charge in [-0.25, -0.2) is 0 Å². The van der Waals surface area contributed by atoms with Crippen LogP contribution in [-0.4, -0.2) is 25.9 Å². The molecule has 0 bridgehead atoms. The predicted molar refractivity (Wildman–Crippen MR) is 70.8 cm³/mol. The number of benzene rings is 1.